The average molecular weight is 1440 g/mol. The third-order valence-corrected chi connectivity index (χ3v) is 23.2. The summed E-state index contributed by atoms with van der Waals surface area (Å²) >= 11 is 0. The van der Waals surface area contributed by atoms with Gasteiger partial charge in [0.2, 0.25) is 0 Å². The van der Waals surface area contributed by atoms with E-state index < -0.39 is 30.7 Å². The van der Waals surface area contributed by atoms with Crippen molar-refractivity contribution in [1.82, 2.24) is 29.9 Å². The van der Waals surface area contributed by atoms with Gasteiger partial charge in [0, 0.05) is 49.8 Å². The van der Waals surface area contributed by atoms with Crippen LogP contribution in [0.4, 0.5) is 0 Å². The van der Waals surface area contributed by atoms with Gasteiger partial charge in [0.15, 0.2) is 25.8 Å². The second kappa shape index (κ2) is 40.0. The normalized spacial score (nSPS) is 21.9. The molecule has 0 atom stereocenters. The van der Waals surface area contributed by atoms with Gasteiger partial charge in [-0.3, -0.25) is 4.79 Å². The van der Waals surface area contributed by atoms with Gasteiger partial charge in [-0.2, -0.15) is 5.26 Å². The van der Waals surface area contributed by atoms with Crippen molar-refractivity contribution in [2.45, 2.75) is 293 Å². The first-order valence-corrected chi connectivity index (χ1v) is 42.1. The summed E-state index contributed by atoms with van der Waals surface area (Å²) in [6.45, 7) is 15.8. The number of nitriles is 1. The molecule has 4 aromatic rings. The predicted molar refractivity (Wildman–Crippen MR) is 403 cm³/mol. The number of hydrogen-bond acceptors (Lipinski definition) is 17. The summed E-state index contributed by atoms with van der Waals surface area (Å²) in [7, 11) is 6.77. The van der Waals surface area contributed by atoms with E-state index in [1.807, 2.05) is 0 Å². The number of Topliss-reactive ketones (excluding diaryl/α,β-unsaturated/α-hetero) is 1. The second-order valence-corrected chi connectivity index (χ2v) is 37.4. The van der Waals surface area contributed by atoms with Crippen LogP contribution in [0.1, 0.15) is 247 Å². The summed E-state index contributed by atoms with van der Waals surface area (Å²) < 4.78 is 30.1. The fraction of sp³-hybridized carbons (Fsp3) is 0.785. The van der Waals surface area contributed by atoms with Crippen molar-refractivity contribution >= 4 is 67.1 Å². The van der Waals surface area contributed by atoms with E-state index in [-0.39, 0.29) is 24.8 Å². The summed E-state index contributed by atoms with van der Waals surface area (Å²) in [4.78, 5) is 30.0. The van der Waals surface area contributed by atoms with Crippen molar-refractivity contribution < 1.29 is 47.9 Å². The zero-order valence-electron chi connectivity index (χ0n) is 62.1. The minimum atomic E-state index is -1.56. The maximum Gasteiger partial charge on any atom is 0.185 e. The highest BCUT2D eigenvalue weighted by molar-refractivity contribution is 6.69. The van der Waals surface area contributed by atoms with Gasteiger partial charge in [-0.05, 0) is 276 Å². The molecular formula is C79H129Cl2N7O10Si. The molecule has 0 unspecified atom stereocenters. The molecule has 0 bridgehead atoms. The highest BCUT2D eigenvalue weighted by atomic mass is 35.5. The van der Waals surface area contributed by atoms with E-state index in [2.05, 4.69) is 108 Å². The molecule has 9 aliphatic rings. The van der Waals surface area contributed by atoms with Crippen LogP contribution in [-0.4, -0.2) is 169 Å². The Labute approximate surface area is 608 Å². The molecular weight excluding hydrogens is 1310 g/mol. The number of piperidine rings is 2. The highest BCUT2D eigenvalue weighted by Gasteiger charge is 2.39. The lowest BCUT2D eigenvalue weighted by Gasteiger charge is -2.40. The van der Waals surface area contributed by atoms with E-state index in [1.54, 1.807) is 0 Å². The van der Waals surface area contributed by atoms with Crippen molar-refractivity contribution in [1.29, 1.82) is 5.26 Å². The summed E-state index contributed by atoms with van der Waals surface area (Å²) in [6.07, 6.45) is 41.3. The number of nitrogens with zero attached hydrogens (tertiary/aromatic N) is 7. The fourth-order valence-electron chi connectivity index (χ4n) is 16.0. The number of ketones is 1. The van der Waals surface area contributed by atoms with Crippen LogP contribution in [0.5, 0.6) is 11.5 Å². The van der Waals surface area contributed by atoms with Crippen LogP contribution in [0.2, 0.25) is 19.6 Å². The smallest absolute Gasteiger partial charge is 0.185 e. The van der Waals surface area contributed by atoms with Crippen molar-refractivity contribution in [2.75, 3.05) is 80.7 Å². The fourth-order valence-corrected chi connectivity index (χ4v) is 17.4. The number of aldehydes is 1. The van der Waals surface area contributed by atoms with E-state index in [9.17, 15) is 24.9 Å². The molecule has 558 valence electrons. The zero-order valence-corrected chi connectivity index (χ0v) is 64.7. The zero-order chi connectivity index (χ0) is 68.9. The molecule has 2 aromatic heterocycles. The number of hydrogen-bond donors (Lipinski definition) is 3. The van der Waals surface area contributed by atoms with Crippen LogP contribution in [-0.2, 0) is 39.9 Å². The topological polar surface area (TPSA) is 211 Å². The van der Waals surface area contributed by atoms with Crippen LogP contribution in [0.25, 0.3) is 21.9 Å². The van der Waals surface area contributed by atoms with Gasteiger partial charge in [-0.1, -0.05) is 80.9 Å². The number of aliphatic hydroxyl groups is 3. The molecule has 2 aliphatic heterocycles. The Morgan fingerprint density at radius 1 is 0.556 bits per heavy atom. The number of benzene rings is 2. The Kier molecular flexibility index (Phi) is 33.3. The molecule has 7 aliphatic carbocycles. The number of carbonyl (C=O) groups is 2. The summed E-state index contributed by atoms with van der Waals surface area (Å²) in [5.74, 6) is 5.27. The van der Waals surface area contributed by atoms with Gasteiger partial charge >= 0.3 is 0 Å². The van der Waals surface area contributed by atoms with Gasteiger partial charge in [0.25, 0.3) is 0 Å². The molecule has 99 heavy (non-hydrogen) atoms. The summed E-state index contributed by atoms with van der Waals surface area (Å²) in [5.41, 5.74) is 3.95. The van der Waals surface area contributed by atoms with Gasteiger partial charge in [0.1, 0.15) is 28.5 Å². The quantitative estimate of drug-likeness (QED) is 0.0465. The molecule has 3 N–H and O–H groups in total. The number of β-amino-alcohol motifs (C(OH)–C–C–N with tert-alkyl or cyclic N) is 2. The minimum Gasteiger partial charge on any atom is -0.493 e. The number of aryl methyl sites for hydroxylation is 2. The number of aromatic nitrogens is 2. The van der Waals surface area contributed by atoms with E-state index >= 15 is 0 Å². The molecule has 17 nitrogen and oxygen atoms in total. The molecule has 0 amide bonds. The Balaban J connectivity index is 0.000000196. The first kappa shape index (κ1) is 82.6. The van der Waals surface area contributed by atoms with Crippen LogP contribution in [0.3, 0.4) is 0 Å². The third-order valence-electron chi connectivity index (χ3n) is 22.2. The summed E-state index contributed by atoms with van der Waals surface area (Å²) in [6, 6.07) is 10.9. The maximum atomic E-state index is 10.9. The summed E-state index contributed by atoms with van der Waals surface area (Å²) in [5, 5.41) is 51.6. The SMILES string of the molecule is CN(C)Cc1c(OCC2CC2)ccc2c(CCC3CCN(CC4(O)CCCCC4)CC3)noc12.CN(C)Cc1c(OCC2CC2)ccc2c(CCC3CCN(CC4(O)CCCCC4)CC3)noc12.C[Si](C)(C)OC1(C#N)CCCCC1.Cl.Cl.O=C1CCCCC1.O=CC1(O)CCCCC1. The van der Waals surface area contributed by atoms with Crippen LogP contribution >= 0.6 is 24.8 Å². The van der Waals surface area contributed by atoms with Crippen molar-refractivity contribution in [3.8, 4) is 17.6 Å². The van der Waals surface area contributed by atoms with E-state index in [1.165, 1.54) is 103 Å². The number of rotatable bonds is 23. The third kappa shape index (κ3) is 27.1. The molecule has 0 spiro atoms. The number of halogens is 2. The minimum absolute atomic E-state index is 0. The maximum absolute atomic E-state index is 10.9. The Morgan fingerprint density at radius 3 is 1.25 bits per heavy atom. The lowest BCUT2D eigenvalue weighted by molar-refractivity contribution is -0.126. The van der Waals surface area contributed by atoms with Gasteiger partial charge < -0.3 is 62.7 Å². The molecule has 2 aromatic carbocycles. The van der Waals surface area contributed by atoms with Gasteiger partial charge in [-0.15, -0.1) is 24.8 Å². The van der Waals surface area contributed by atoms with Crippen molar-refractivity contribution in [2.24, 2.45) is 23.7 Å². The molecule has 20 heteroatoms. The number of ether oxygens (including phenoxy) is 2. The number of carbonyl (C=O) groups excluding carboxylic acids is 2. The largest absolute Gasteiger partial charge is 0.493 e. The van der Waals surface area contributed by atoms with E-state index in [4.69, 9.17) is 28.2 Å². The standard InChI is InChI=1S/2C28H43N3O3.C10H19NOSi.C7H12O2.C6H10O.2ClH/c2*1-30(2)18-24-26(33-19-22-6-7-22)11-9-23-25(29-34-27(23)24)10-8-21-12-16-31(17-13-21)20-28(32)14-4-3-5-15-28;1-13(2,3)12-10(9-11)7-5-4-6-8-10;8-6-7(9)4-2-1-3-5-7;7-6-4-2-1-3-5-6;;/h2*9,11,21-22,32H,3-8,10,12-20H2,1-2H3;4-8H2,1-3H3;6,9H,1-5H2;1-5H2;2*1H. The molecule has 0 radical (unpaired) electrons. The van der Waals surface area contributed by atoms with E-state index in [0.717, 1.165) is 267 Å². The highest BCUT2D eigenvalue weighted by Crippen LogP contribution is 2.40. The Hall–Kier alpha value is -3.71. The first-order chi connectivity index (χ1) is 46.6. The van der Waals surface area contributed by atoms with Crippen LogP contribution in [0, 0.1) is 35.0 Å². The second-order valence-electron chi connectivity index (χ2n) is 32.9. The molecule has 7 saturated carbocycles. The molecule has 2 saturated heterocycles. The molecule has 9 fully saturated rings. The van der Waals surface area contributed by atoms with Crippen LogP contribution < -0.4 is 9.47 Å². The predicted octanol–water partition coefficient (Wildman–Crippen LogP) is 16.3. The monoisotopic (exact) mass is 1430 g/mol. The Morgan fingerprint density at radius 2 is 0.929 bits per heavy atom. The average Bonchev–Trinajstić information content (AvgIpc) is 1.67. The lowest BCUT2D eigenvalue weighted by Crippen LogP contribution is -2.47. The Bertz CT molecular complexity index is 2900. The first-order valence-electron chi connectivity index (χ1n) is 38.7. The number of likely N-dealkylation sites (tertiary alicyclic amines) is 2. The van der Waals surface area contributed by atoms with Crippen LogP contribution in [0.15, 0.2) is 33.3 Å². The van der Waals surface area contributed by atoms with Gasteiger partial charge in [-0.25, -0.2) is 0 Å². The lowest BCUT2D eigenvalue weighted by atomic mass is 9.83. The van der Waals surface area contributed by atoms with Gasteiger partial charge in [0.05, 0.1) is 53.0 Å². The van der Waals surface area contributed by atoms with Crippen molar-refractivity contribution in [3.63, 3.8) is 0 Å². The molecule has 13 rings (SSSR count). The molecule has 4 heterocycles. The van der Waals surface area contributed by atoms with E-state index in [0.29, 0.717) is 24.9 Å². The van der Waals surface area contributed by atoms with Crippen molar-refractivity contribution in [3.05, 3.63) is 46.8 Å². The number of fused-ring (bicyclic) bond motifs is 2.